The van der Waals surface area contributed by atoms with Crippen molar-refractivity contribution >= 4 is 27.5 Å². The van der Waals surface area contributed by atoms with Gasteiger partial charge in [-0.15, -0.1) is 0 Å². The molecule has 0 fully saturated rings. The molecule has 1 aromatic rings. The van der Waals surface area contributed by atoms with Gasteiger partial charge in [0.1, 0.15) is 5.75 Å². The van der Waals surface area contributed by atoms with E-state index in [9.17, 15) is 4.79 Å². The van der Waals surface area contributed by atoms with Gasteiger partial charge in [-0.2, -0.15) is 0 Å². The molecule has 0 aromatic heterocycles. The van der Waals surface area contributed by atoms with Crippen LogP contribution < -0.4 is 15.4 Å². The van der Waals surface area contributed by atoms with E-state index < -0.39 is 0 Å². The smallest absolute Gasteiger partial charge is 0.225 e. The minimum atomic E-state index is -0.0158. The summed E-state index contributed by atoms with van der Waals surface area (Å²) in [5.74, 6) is 0.723. The van der Waals surface area contributed by atoms with Crippen molar-refractivity contribution in [3.8, 4) is 5.75 Å². The normalized spacial score (nSPS) is 10.5. The van der Waals surface area contributed by atoms with Crippen LogP contribution in [0.25, 0.3) is 0 Å². The third-order valence-corrected chi connectivity index (χ3v) is 2.59. The molecule has 100 valence electrons. The van der Waals surface area contributed by atoms with E-state index in [0.29, 0.717) is 13.0 Å². The number of nitrogens with one attached hydrogen (secondary N) is 2. The molecule has 0 aliphatic rings. The van der Waals surface area contributed by atoms with E-state index in [1.165, 1.54) is 0 Å². The van der Waals surface area contributed by atoms with E-state index >= 15 is 0 Å². The fraction of sp³-hybridized carbons (Fsp3) is 0.462. The number of ether oxygens (including phenoxy) is 1. The molecule has 1 aromatic carbocycles. The molecule has 0 spiro atoms. The van der Waals surface area contributed by atoms with Crippen LogP contribution in [0.3, 0.4) is 0 Å². The summed E-state index contributed by atoms with van der Waals surface area (Å²) in [5.41, 5.74) is 0.737. The molecule has 0 radical (unpaired) electrons. The second-order valence-corrected chi connectivity index (χ2v) is 5.16. The number of hydrogen-bond acceptors (Lipinski definition) is 3. The maximum Gasteiger partial charge on any atom is 0.225 e. The Morgan fingerprint density at radius 3 is 2.72 bits per heavy atom. The summed E-state index contributed by atoms with van der Waals surface area (Å²) in [6, 6.07) is 5.55. The van der Waals surface area contributed by atoms with Crippen molar-refractivity contribution in [1.82, 2.24) is 5.32 Å². The minimum absolute atomic E-state index is 0.0158. The topological polar surface area (TPSA) is 50.4 Å². The van der Waals surface area contributed by atoms with Crippen molar-refractivity contribution in [2.75, 3.05) is 18.9 Å². The molecule has 0 bridgehead atoms. The Kier molecular flexibility index (Phi) is 6.15. The zero-order valence-corrected chi connectivity index (χ0v) is 12.5. The van der Waals surface area contributed by atoms with Crippen LogP contribution in [0.4, 0.5) is 5.69 Å². The molecule has 1 amide bonds. The lowest BCUT2D eigenvalue weighted by molar-refractivity contribution is -0.116. The third-order valence-electron chi connectivity index (χ3n) is 2.13. The highest BCUT2D eigenvalue weighted by Gasteiger charge is 2.06. The molecule has 2 N–H and O–H groups in total. The van der Waals surface area contributed by atoms with Gasteiger partial charge >= 0.3 is 0 Å². The Hall–Kier alpha value is -1.07. The highest BCUT2D eigenvalue weighted by Crippen LogP contribution is 2.25. The average molecular weight is 315 g/mol. The second kappa shape index (κ2) is 7.38. The molecular formula is C13H19BrN2O2. The predicted octanol–water partition coefficient (Wildman–Crippen LogP) is 2.78. The molecule has 0 aliphatic heterocycles. The number of anilines is 1. The first-order valence-corrected chi connectivity index (χ1v) is 6.72. The van der Waals surface area contributed by atoms with Gasteiger partial charge in [0.15, 0.2) is 0 Å². The van der Waals surface area contributed by atoms with Crippen molar-refractivity contribution in [3.63, 3.8) is 0 Å². The Bertz CT molecular complexity index is 408. The number of rotatable bonds is 6. The lowest BCUT2D eigenvalue weighted by Gasteiger charge is -2.12. The maximum absolute atomic E-state index is 11.6. The first kappa shape index (κ1) is 15.0. The molecule has 18 heavy (non-hydrogen) atoms. The molecule has 5 heteroatoms. The summed E-state index contributed by atoms with van der Waals surface area (Å²) in [6.45, 7) is 4.59. The van der Waals surface area contributed by atoms with Crippen molar-refractivity contribution in [1.29, 1.82) is 0 Å². The Morgan fingerprint density at radius 2 is 2.11 bits per heavy atom. The van der Waals surface area contributed by atoms with Crippen LogP contribution in [-0.2, 0) is 4.79 Å². The summed E-state index contributed by atoms with van der Waals surface area (Å²) in [7, 11) is 1.82. The molecular weight excluding hydrogens is 296 g/mol. The summed E-state index contributed by atoms with van der Waals surface area (Å²) in [5, 5.41) is 5.78. The molecule has 0 aliphatic carbocycles. The molecule has 4 nitrogen and oxygen atoms in total. The number of carbonyl (C=O) groups is 1. The van der Waals surface area contributed by atoms with Crippen LogP contribution in [0, 0.1) is 0 Å². The van der Waals surface area contributed by atoms with Crippen LogP contribution in [0.5, 0.6) is 5.75 Å². The van der Waals surface area contributed by atoms with Crippen molar-refractivity contribution in [2.24, 2.45) is 0 Å². The van der Waals surface area contributed by atoms with E-state index in [2.05, 4.69) is 26.6 Å². The Morgan fingerprint density at radius 1 is 1.39 bits per heavy atom. The number of hydrogen-bond donors (Lipinski definition) is 2. The van der Waals surface area contributed by atoms with Gasteiger partial charge in [0.25, 0.3) is 0 Å². The number of amides is 1. The first-order valence-electron chi connectivity index (χ1n) is 5.93. The molecule has 0 atom stereocenters. The van der Waals surface area contributed by atoms with Gasteiger partial charge in [0.05, 0.1) is 6.10 Å². The monoisotopic (exact) mass is 314 g/mol. The Balaban J connectivity index is 2.70. The second-order valence-electron chi connectivity index (χ2n) is 4.24. The average Bonchev–Trinajstić information content (AvgIpc) is 2.24. The van der Waals surface area contributed by atoms with Crippen LogP contribution in [0.15, 0.2) is 22.7 Å². The molecule has 0 saturated heterocycles. The number of carbonyl (C=O) groups excluding carboxylic acids is 1. The first-order chi connectivity index (χ1) is 8.51. The van der Waals surface area contributed by atoms with Crippen molar-refractivity contribution in [3.05, 3.63) is 22.7 Å². The zero-order chi connectivity index (χ0) is 13.5. The van der Waals surface area contributed by atoms with Gasteiger partial charge < -0.3 is 15.4 Å². The van der Waals surface area contributed by atoms with Crippen LogP contribution in [-0.4, -0.2) is 25.6 Å². The highest BCUT2D eigenvalue weighted by molar-refractivity contribution is 9.10. The quantitative estimate of drug-likeness (QED) is 0.849. The van der Waals surface area contributed by atoms with E-state index in [1.807, 2.05) is 39.1 Å². The third kappa shape index (κ3) is 5.51. The van der Waals surface area contributed by atoms with Gasteiger partial charge in [-0.1, -0.05) is 15.9 Å². The molecule has 0 saturated carbocycles. The van der Waals surface area contributed by atoms with Crippen LogP contribution in [0.1, 0.15) is 20.3 Å². The maximum atomic E-state index is 11.6. The summed E-state index contributed by atoms with van der Waals surface area (Å²) < 4.78 is 6.48. The van der Waals surface area contributed by atoms with Crippen molar-refractivity contribution < 1.29 is 9.53 Å². The standard InChI is InChI=1S/C13H19BrN2O2/c1-9(2)18-12-7-10(14)6-11(8-12)16-13(17)4-5-15-3/h6-9,15H,4-5H2,1-3H3,(H,16,17). The fourth-order valence-electron chi connectivity index (χ4n) is 1.44. The van der Waals surface area contributed by atoms with E-state index in [1.54, 1.807) is 0 Å². The fourth-order valence-corrected chi connectivity index (χ4v) is 1.91. The zero-order valence-electron chi connectivity index (χ0n) is 10.9. The van der Waals surface area contributed by atoms with Gasteiger partial charge in [-0.05, 0) is 33.0 Å². The predicted molar refractivity (Wildman–Crippen MR) is 77.1 cm³/mol. The largest absolute Gasteiger partial charge is 0.491 e. The van der Waals surface area contributed by atoms with E-state index in [4.69, 9.17) is 4.74 Å². The van der Waals surface area contributed by atoms with Crippen molar-refractivity contribution in [2.45, 2.75) is 26.4 Å². The van der Waals surface area contributed by atoms with Crippen LogP contribution in [0.2, 0.25) is 0 Å². The molecule has 1 rings (SSSR count). The number of halogens is 1. The number of benzene rings is 1. The van der Waals surface area contributed by atoms with E-state index in [0.717, 1.165) is 15.9 Å². The Labute approximate surface area is 116 Å². The summed E-state index contributed by atoms with van der Waals surface area (Å²) in [4.78, 5) is 11.6. The SMILES string of the molecule is CNCCC(=O)Nc1cc(Br)cc(OC(C)C)c1. The van der Waals surface area contributed by atoms with Gasteiger partial charge in [0.2, 0.25) is 5.91 Å². The molecule has 0 unspecified atom stereocenters. The lowest BCUT2D eigenvalue weighted by Crippen LogP contribution is -2.18. The lowest BCUT2D eigenvalue weighted by atomic mass is 10.3. The van der Waals surface area contributed by atoms with Crippen LogP contribution >= 0.6 is 15.9 Å². The highest BCUT2D eigenvalue weighted by atomic mass is 79.9. The molecule has 0 heterocycles. The van der Waals surface area contributed by atoms with Gasteiger partial charge in [-0.3, -0.25) is 4.79 Å². The summed E-state index contributed by atoms with van der Waals surface area (Å²) in [6.07, 6.45) is 0.552. The van der Waals surface area contributed by atoms with Gasteiger partial charge in [-0.25, -0.2) is 0 Å². The van der Waals surface area contributed by atoms with Gasteiger partial charge in [0, 0.05) is 29.2 Å². The summed E-state index contributed by atoms with van der Waals surface area (Å²) >= 11 is 3.40. The van der Waals surface area contributed by atoms with E-state index in [-0.39, 0.29) is 12.0 Å². The minimum Gasteiger partial charge on any atom is -0.491 e.